The average molecular weight is 482 g/mol. The van der Waals surface area contributed by atoms with Crippen LogP contribution in [0.15, 0.2) is 89.3 Å². The van der Waals surface area contributed by atoms with E-state index in [0.29, 0.717) is 11.6 Å². The van der Waals surface area contributed by atoms with Gasteiger partial charge in [0.2, 0.25) is 5.89 Å². The van der Waals surface area contributed by atoms with Crippen molar-refractivity contribution in [1.82, 2.24) is 4.98 Å². The Kier molecular flexibility index (Phi) is 5.82. The molecule has 0 unspecified atom stereocenters. The van der Waals surface area contributed by atoms with Crippen LogP contribution in [0.1, 0.15) is 30.7 Å². The van der Waals surface area contributed by atoms with Crippen molar-refractivity contribution in [2.24, 2.45) is 5.92 Å². The molecule has 1 aliphatic carbocycles. The van der Waals surface area contributed by atoms with Gasteiger partial charge in [-0.3, -0.25) is 0 Å². The van der Waals surface area contributed by atoms with Gasteiger partial charge in [0.1, 0.15) is 11.4 Å². The number of carboxylic acids is 1. The smallest absolute Gasteiger partial charge is 0.341 e. The predicted octanol–water partition coefficient (Wildman–Crippen LogP) is 6.11. The zero-order valence-electron chi connectivity index (χ0n) is 19.8. The van der Waals surface area contributed by atoms with Gasteiger partial charge in [-0.05, 0) is 37.0 Å². The van der Waals surface area contributed by atoms with Crippen LogP contribution in [0.4, 0.5) is 0 Å². The Morgan fingerprint density at radius 3 is 2.47 bits per heavy atom. The Morgan fingerprint density at radius 1 is 0.972 bits per heavy atom. The van der Waals surface area contributed by atoms with Crippen molar-refractivity contribution in [2.75, 3.05) is 6.61 Å². The molecule has 182 valence electrons. The van der Waals surface area contributed by atoms with Crippen molar-refractivity contribution in [1.29, 1.82) is 0 Å². The van der Waals surface area contributed by atoms with E-state index in [-0.39, 0.29) is 18.6 Å². The highest BCUT2D eigenvalue weighted by Crippen LogP contribution is 2.59. The Balaban J connectivity index is 1.35. The van der Waals surface area contributed by atoms with Crippen molar-refractivity contribution >= 4 is 5.97 Å². The molecule has 6 rings (SSSR count). The molecule has 4 aromatic rings. The fraction of sp³-hybridized carbons (Fsp3) is 0.267. The topological polar surface area (TPSA) is 85.1 Å². The third-order valence-electron chi connectivity index (χ3n) is 7.17. The Bertz CT molecular complexity index is 1310. The SMILES string of the molecule is O=C(O)COc1cccc(C[C@@H]2CCC[C@H]3O[C@@]23c2nc(-c3ccccc3)c(-c3ccccc3)o2)c1. The number of aromatic nitrogens is 1. The van der Waals surface area contributed by atoms with E-state index in [1.54, 1.807) is 6.07 Å². The lowest BCUT2D eigenvalue weighted by Gasteiger charge is -2.26. The molecule has 6 heteroatoms. The molecule has 2 aliphatic rings. The van der Waals surface area contributed by atoms with E-state index in [4.69, 9.17) is 24.0 Å². The minimum atomic E-state index is -0.992. The van der Waals surface area contributed by atoms with Crippen molar-refractivity contribution in [3.05, 3.63) is 96.4 Å². The number of carboxylic acid groups (broad SMARTS) is 1. The Hall–Kier alpha value is -3.90. The van der Waals surface area contributed by atoms with Crippen LogP contribution in [0.25, 0.3) is 22.6 Å². The van der Waals surface area contributed by atoms with Gasteiger partial charge >= 0.3 is 5.97 Å². The molecule has 3 aromatic carbocycles. The van der Waals surface area contributed by atoms with E-state index < -0.39 is 11.6 Å². The van der Waals surface area contributed by atoms with Crippen LogP contribution in [0.2, 0.25) is 0 Å². The maximum absolute atomic E-state index is 10.9. The molecule has 2 heterocycles. The van der Waals surface area contributed by atoms with Gasteiger partial charge in [0.05, 0.1) is 6.10 Å². The molecule has 0 amide bonds. The zero-order chi connectivity index (χ0) is 24.5. The fourth-order valence-corrected chi connectivity index (χ4v) is 5.47. The van der Waals surface area contributed by atoms with Gasteiger partial charge in [-0.2, -0.15) is 0 Å². The molecule has 36 heavy (non-hydrogen) atoms. The summed E-state index contributed by atoms with van der Waals surface area (Å²) in [6, 6.07) is 27.9. The maximum Gasteiger partial charge on any atom is 0.341 e. The van der Waals surface area contributed by atoms with Crippen molar-refractivity contribution in [3.63, 3.8) is 0 Å². The summed E-state index contributed by atoms with van der Waals surface area (Å²) in [5.41, 5.74) is 3.35. The van der Waals surface area contributed by atoms with Crippen molar-refractivity contribution in [2.45, 2.75) is 37.4 Å². The number of aliphatic carboxylic acids is 1. The van der Waals surface area contributed by atoms with Crippen LogP contribution in [0, 0.1) is 5.92 Å². The van der Waals surface area contributed by atoms with Crippen LogP contribution in [0.3, 0.4) is 0 Å². The number of epoxide rings is 1. The first-order valence-electron chi connectivity index (χ1n) is 12.4. The zero-order valence-corrected chi connectivity index (χ0v) is 19.8. The van der Waals surface area contributed by atoms with Gasteiger partial charge < -0.3 is 19.0 Å². The number of oxazole rings is 1. The summed E-state index contributed by atoms with van der Waals surface area (Å²) in [6.45, 7) is -0.358. The molecular weight excluding hydrogens is 454 g/mol. The molecule has 1 N–H and O–H groups in total. The molecule has 0 spiro atoms. The van der Waals surface area contributed by atoms with Crippen molar-refractivity contribution < 1.29 is 23.8 Å². The largest absolute Gasteiger partial charge is 0.482 e. The van der Waals surface area contributed by atoms with Gasteiger partial charge in [-0.15, -0.1) is 0 Å². The normalized spacial score (nSPS) is 22.6. The quantitative estimate of drug-likeness (QED) is 0.306. The molecular formula is C30H27NO5. The summed E-state index contributed by atoms with van der Waals surface area (Å²) in [7, 11) is 0. The molecule has 1 saturated heterocycles. The third-order valence-corrected chi connectivity index (χ3v) is 7.17. The summed E-state index contributed by atoms with van der Waals surface area (Å²) >= 11 is 0. The molecule has 1 aromatic heterocycles. The lowest BCUT2D eigenvalue weighted by atomic mass is 9.75. The number of rotatable bonds is 8. The first-order valence-corrected chi connectivity index (χ1v) is 12.4. The number of hydrogen-bond donors (Lipinski definition) is 1. The fourth-order valence-electron chi connectivity index (χ4n) is 5.47. The van der Waals surface area contributed by atoms with E-state index in [1.165, 1.54) is 0 Å². The summed E-state index contributed by atoms with van der Waals surface area (Å²) in [5.74, 6) is 1.16. The lowest BCUT2D eigenvalue weighted by Crippen LogP contribution is -2.30. The highest BCUT2D eigenvalue weighted by Gasteiger charge is 2.67. The second-order valence-electron chi connectivity index (χ2n) is 9.49. The highest BCUT2D eigenvalue weighted by atomic mass is 16.6. The number of nitrogens with zero attached hydrogens (tertiary/aromatic N) is 1. The van der Waals surface area contributed by atoms with E-state index >= 15 is 0 Å². The molecule has 1 saturated carbocycles. The van der Waals surface area contributed by atoms with E-state index in [0.717, 1.165) is 53.8 Å². The molecule has 3 atom stereocenters. The summed E-state index contributed by atoms with van der Waals surface area (Å²) < 4.78 is 18.4. The van der Waals surface area contributed by atoms with E-state index in [2.05, 4.69) is 12.1 Å². The molecule has 1 aliphatic heterocycles. The van der Waals surface area contributed by atoms with Crippen LogP contribution in [0.5, 0.6) is 5.75 Å². The second-order valence-corrected chi connectivity index (χ2v) is 9.49. The lowest BCUT2D eigenvalue weighted by molar-refractivity contribution is -0.139. The van der Waals surface area contributed by atoms with Gasteiger partial charge in [0.15, 0.2) is 18.0 Å². The number of hydrogen-bond acceptors (Lipinski definition) is 5. The Morgan fingerprint density at radius 2 is 1.72 bits per heavy atom. The monoisotopic (exact) mass is 481 g/mol. The summed E-state index contributed by atoms with van der Waals surface area (Å²) in [4.78, 5) is 16.0. The van der Waals surface area contributed by atoms with Gasteiger partial charge in [-0.1, -0.05) is 79.2 Å². The third kappa shape index (κ3) is 4.18. The van der Waals surface area contributed by atoms with Gasteiger partial charge in [-0.25, -0.2) is 9.78 Å². The maximum atomic E-state index is 10.9. The molecule has 6 nitrogen and oxygen atoms in total. The summed E-state index contributed by atoms with van der Waals surface area (Å²) in [6.07, 6.45) is 3.94. The molecule has 2 fully saturated rings. The Labute approximate surface area is 209 Å². The first kappa shape index (κ1) is 22.6. The van der Waals surface area contributed by atoms with Crippen LogP contribution in [-0.4, -0.2) is 28.8 Å². The second kappa shape index (κ2) is 9.28. The first-order chi connectivity index (χ1) is 17.6. The minimum Gasteiger partial charge on any atom is -0.482 e. The van der Waals surface area contributed by atoms with Crippen molar-refractivity contribution in [3.8, 4) is 28.3 Å². The highest BCUT2D eigenvalue weighted by molar-refractivity contribution is 5.77. The molecule has 0 bridgehead atoms. The predicted molar refractivity (Wildman–Crippen MR) is 135 cm³/mol. The van der Waals surface area contributed by atoms with E-state index in [9.17, 15) is 4.79 Å². The van der Waals surface area contributed by atoms with Crippen LogP contribution >= 0.6 is 0 Å². The number of benzene rings is 3. The number of fused-ring (bicyclic) bond motifs is 1. The minimum absolute atomic E-state index is 0.0913. The molecule has 0 radical (unpaired) electrons. The van der Waals surface area contributed by atoms with Crippen LogP contribution in [-0.2, 0) is 21.6 Å². The van der Waals surface area contributed by atoms with Crippen LogP contribution < -0.4 is 4.74 Å². The standard InChI is InChI=1S/C30H27NO5/c32-26(33)19-34-24-15-7-9-20(18-24)17-23-14-8-16-25-30(23,36-25)29-31-27(21-10-3-1-4-11-21)28(35-29)22-12-5-2-6-13-22/h1-7,9-13,15,18,23,25H,8,14,16-17,19H2,(H,32,33)/t23-,25+,30-/m0/s1. The van der Waals surface area contributed by atoms with Gasteiger partial charge in [0, 0.05) is 17.0 Å². The van der Waals surface area contributed by atoms with E-state index in [1.807, 2.05) is 66.7 Å². The number of carbonyl (C=O) groups is 1. The summed E-state index contributed by atoms with van der Waals surface area (Å²) in [5, 5.41) is 8.94. The van der Waals surface area contributed by atoms with Gasteiger partial charge in [0.25, 0.3) is 0 Å². The average Bonchev–Trinajstić information content (AvgIpc) is 3.51. The number of ether oxygens (including phenoxy) is 2.